The molecule has 4 aromatic rings. The van der Waals surface area contributed by atoms with Crippen molar-refractivity contribution in [3.05, 3.63) is 98.9 Å². The Bertz CT molecular complexity index is 1370. The number of carbonyl (C=O) groups is 2. The summed E-state index contributed by atoms with van der Waals surface area (Å²) in [7, 11) is 0. The highest BCUT2D eigenvalue weighted by Gasteiger charge is 2.18. The maximum atomic E-state index is 14.0. The van der Waals surface area contributed by atoms with Gasteiger partial charge in [-0.3, -0.25) is 14.2 Å². The highest BCUT2D eigenvalue weighted by molar-refractivity contribution is 9.11. The summed E-state index contributed by atoms with van der Waals surface area (Å²) in [4.78, 5) is 25.0. The minimum Gasteiger partial charge on any atom is -0.345 e. The number of aromatic nitrogens is 3. The Labute approximate surface area is 221 Å². The maximum absolute atomic E-state index is 14.0. The summed E-state index contributed by atoms with van der Waals surface area (Å²) in [6, 6.07) is 20.6. The summed E-state index contributed by atoms with van der Waals surface area (Å²) < 4.78 is 17.3. The van der Waals surface area contributed by atoms with Crippen LogP contribution in [0.5, 0.6) is 0 Å². The first-order chi connectivity index (χ1) is 16.9. The van der Waals surface area contributed by atoms with Gasteiger partial charge in [0.15, 0.2) is 11.0 Å². The molecule has 0 radical (unpaired) electrons. The second-order valence-electron chi connectivity index (χ2n) is 7.19. The highest BCUT2D eigenvalue weighted by Crippen LogP contribution is 2.27. The van der Waals surface area contributed by atoms with Gasteiger partial charge in [0.2, 0.25) is 5.91 Å². The third kappa shape index (κ3) is 6.36. The van der Waals surface area contributed by atoms with Crippen LogP contribution in [0, 0.1) is 5.82 Å². The quantitative estimate of drug-likeness (QED) is 0.251. The second-order valence-corrected chi connectivity index (χ2v) is 9.91. The predicted octanol–water partition coefficient (Wildman–Crippen LogP) is 5.59. The van der Waals surface area contributed by atoms with Gasteiger partial charge in [0.25, 0.3) is 5.91 Å². The van der Waals surface area contributed by atoms with E-state index in [1.54, 1.807) is 16.7 Å². The van der Waals surface area contributed by atoms with E-state index in [0.29, 0.717) is 16.7 Å². The molecule has 4 rings (SSSR count). The molecule has 178 valence electrons. The second kappa shape index (κ2) is 11.6. The summed E-state index contributed by atoms with van der Waals surface area (Å²) in [5.41, 5.74) is 1.36. The van der Waals surface area contributed by atoms with Crippen LogP contribution in [0.15, 0.2) is 86.9 Å². The first-order valence-corrected chi connectivity index (χ1v) is 12.9. The van der Waals surface area contributed by atoms with Crippen molar-refractivity contribution in [3.63, 3.8) is 0 Å². The fraction of sp³-hybridized carbons (Fsp3) is 0.0833. The monoisotopic (exact) mass is 617 g/mol. The van der Waals surface area contributed by atoms with Crippen molar-refractivity contribution in [2.75, 3.05) is 11.1 Å². The Kier molecular flexibility index (Phi) is 8.32. The molecule has 2 amide bonds. The Morgan fingerprint density at radius 3 is 2.49 bits per heavy atom. The van der Waals surface area contributed by atoms with Gasteiger partial charge in [0.1, 0.15) is 5.82 Å². The number of nitrogens with zero attached hydrogens (tertiary/aromatic N) is 3. The number of amides is 2. The van der Waals surface area contributed by atoms with Crippen LogP contribution in [0.4, 0.5) is 10.1 Å². The molecule has 7 nitrogen and oxygen atoms in total. The van der Waals surface area contributed by atoms with Crippen molar-refractivity contribution in [2.24, 2.45) is 0 Å². The maximum Gasteiger partial charge on any atom is 0.254 e. The van der Waals surface area contributed by atoms with E-state index in [1.807, 2.05) is 42.5 Å². The number of hydrogen-bond donors (Lipinski definition) is 2. The molecule has 0 unspecified atom stereocenters. The van der Waals surface area contributed by atoms with Gasteiger partial charge in [-0.2, -0.15) is 0 Å². The number of nitrogens with one attached hydrogen (secondary N) is 2. The smallest absolute Gasteiger partial charge is 0.254 e. The average Bonchev–Trinajstić information content (AvgIpc) is 3.27. The predicted molar refractivity (Wildman–Crippen MR) is 140 cm³/mol. The van der Waals surface area contributed by atoms with Gasteiger partial charge >= 0.3 is 0 Å². The standard InChI is InChI=1S/C24H18Br2FN5O2S/c25-15-10-11-18(26)20(12-15)29-22(33)14-35-24-31-30-21(32(24)16-6-2-1-3-7-16)13-28-23(34)17-8-4-5-9-19(17)27/h1-12H,13-14H2,(H,28,34)(H,29,33). The fourth-order valence-electron chi connectivity index (χ4n) is 3.15. The van der Waals surface area contributed by atoms with E-state index in [0.717, 1.165) is 14.6 Å². The van der Waals surface area contributed by atoms with E-state index in [2.05, 4.69) is 52.7 Å². The van der Waals surface area contributed by atoms with E-state index in [1.165, 1.54) is 30.0 Å². The van der Waals surface area contributed by atoms with Gasteiger partial charge < -0.3 is 10.6 Å². The highest BCUT2D eigenvalue weighted by atomic mass is 79.9. The number of benzene rings is 3. The molecule has 0 atom stereocenters. The van der Waals surface area contributed by atoms with E-state index in [4.69, 9.17) is 0 Å². The molecule has 1 heterocycles. The Morgan fingerprint density at radius 1 is 0.971 bits per heavy atom. The van der Waals surface area contributed by atoms with Crippen LogP contribution in [0.25, 0.3) is 5.69 Å². The van der Waals surface area contributed by atoms with Crippen molar-refractivity contribution in [1.82, 2.24) is 20.1 Å². The normalized spacial score (nSPS) is 10.7. The lowest BCUT2D eigenvalue weighted by atomic mass is 10.2. The zero-order valence-electron chi connectivity index (χ0n) is 18.0. The molecule has 0 spiro atoms. The van der Waals surface area contributed by atoms with Gasteiger partial charge in [0, 0.05) is 14.6 Å². The largest absolute Gasteiger partial charge is 0.345 e. The number of halogens is 3. The third-order valence-electron chi connectivity index (χ3n) is 4.78. The lowest BCUT2D eigenvalue weighted by Gasteiger charge is -2.11. The number of hydrogen-bond acceptors (Lipinski definition) is 5. The van der Waals surface area contributed by atoms with Crippen LogP contribution >= 0.6 is 43.6 Å². The van der Waals surface area contributed by atoms with Crippen LogP contribution in [0.2, 0.25) is 0 Å². The van der Waals surface area contributed by atoms with Crippen LogP contribution in [0.3, 0.4) is 0 Å². The number of anilines is 1. The SMILES string of the molecule is O=C(CSc1nnc(CNC(=O)c2ccccc2F)n1-c1ccccc1)Nc1cc(Br)ccc1Br. The first-order valence-electron chi connectivity index (χ1n) is 10.3. The van der Waals surface area contributed by atoms with Crippen LogP contribution in [-0.4, -0.2) is 32.3 Å². The number of rotatable bonds is 8. The molecule has 0 fully saturated rings. The minimum absolute atomic E-state index is 0.0206. The zero-order chi connectivity index (χ0) is 24.8. The van der Waals surface area contributed by atoms with E-state index >= 15 is 0 Å². The van der Waals surface area contributed by atoms with Crippen molar-refractivity contribution in [1.29, 1.82) is 0 Å². The van der Waals surface area contributed by atoms with E-state index in [-0.39, 0.29) is 23.8 Å². The van der Waals surface area contributed by atoms with Crippen molar-refractivity contribution >= 4 is 61.1 Å². The Morgan fingerprint density at radius 2 is 1.71 bits per heavy atom. The molecule has 0 aliphatic carbocycles. The topological polar surface area (TPSA) is 88.9 Å². The Hall–Kier alpha value is -3.02. The van der Waals surface area contributed by atoms with Gasteiger partial charge in [-0.1, -0.05) is 58.0 Å². The summed E-state index contributed by atoms with van der Waals surface area (Å²) >= 11 is 8.03. The van der Waals surface area contributed by atoms with Crippen molar-refractivity contribution in [2.45, 2.75) is 11.7 Å². The lowest BCUT2D eigenvalue weighted by molar-refractivity contribution is -0.113. The Balaban J connectivity index is 1.49. The molecular weight excluding hydrogens is 601 g/mol. The molecule has 1 aromatic heterocycles. The molecule has 2 N–H and O–H groups in total. The van der Waals surface area contributed by atoms with Gasteiger partial charge in [-0.25, -0.2) is 4.39 Å². The molecule has 35 heavy (non-hydrogen) atoms. The van der Waals surface area contributed by atoms with Crippen molar-refractivity contribution in [3.8, 4) is 5.69 Å². The molecule has 3 aromatic carbocycles. The van der Waals surface area contributed by atoms with Gasteiger partial charge in [-0.05, 0) is 58.4 Å². The van der Waals surface area contributed by atoms with E-state index < -0.39 is 11.7 Å². The van der Waals surface area contributed by atoms with Crippen LogP contribution in [-0.2, 0) is 11.3 Å². The zero-order valence-corrected chi connectivity index (χ0v) is 22.0. The molecule has 0 aliphatic heterocycles. The third-order valence-corrected chi connectivity index (χ3v) is 6.89. The molecule has 0 saturated carbocycles. The van der Waals surface area contributed by atoms with Crippen LogP contribution in [0.1, 0.15) is 16.2 Å². The first kappa shape index (κ1) is 25.1. The fourth-order valence-corrected chi connectivity index (χ4v) is 4.63. The average molecular weight is 619 g/mol. The molecule has 11 heteroatoms. The van der Waals surface area contributed by atoms with Gasteiger partial charge in [-0.15, -0.1) is 10.2 Å². The van der Waals surface area contributed by atoms with Crippen LogP contribution < -0.4 is 10.6 Å². The molecule has 0 aliphatic rings. The molecular formula is C24H18Br2FN5O2S. The summed E-state index contributed by atoms with van der Waals surface area (Å²) in [5.74, 6) is -0.844. The number of thioether (sulfide) groups is 1. The summed E-state index contributed by atoms with van der Waals surface area (Å²) in [6.07, 6.45) is 0. The van der Waals surface area contributed by atoms with E-state index in [9.17, 15) is 14.0 Å². The minimum atomic E-state index is -0.603. The van der Waals surface area contributed by atoms with Gasteiger partial charge in [0.05, 0.1) is 23.5 Å². The number of para-hydroxylation sites is 1. The summed E-state index contributed by atoms with van der Waals surface area (Å²) in [5, 5.41) is 14.5. The van der Waals surface area contributed by atoms with Crippen molar-refractivity contribution < 1.29 is 14.0 Å². The molecule has 0 bridgehead atoms. The number of carbonyl (C=O) groups excluding carboxylic acids is 2. The summed E-state index contributed by atoms with van der Waals surface area (Å²) in [6.45, 7) is 0.0206. The molecule has 0 saturated heterocycles. The lowest BCUT2D eigenvalue weighted by Crippen LogP contribution is -2.25.